The maximum Gasteiger partial charge on any atom is 0.416 e. The lowest BCUT2D eigenvalue weighted by molar-refractivity contribution is -0.137. The van der Waals surface area contributed by atoms with Crippen LogP contribution < -0.4 is 5.73 Å². The lowest BCUT2D eigenvalue weighted by atomic mass is 9.99. The number of nitrogens with two attached hydrogens (primary N) is 1. The van der Waals surface area contributed by atoms with Crippen LogP contribution in [0.5, 0.6) is 0 Å². The summed E-state index contributed by atoms with van der Waals surface area (Å²) in [5, 5.41) is 0. The molecule has 2 N–H and O–H groups in total. The summed E-state index contributed by atoms with van der Waals surface area (Å²) in [7, 11) is 0. The van der Waals surface area contributed by atoms with Gasteiger partial charge < -0.3 is 5.73 Å². The highest BCUT2D eigenvalue weighted by Crippen LogP contribution is 2.35. The Labute approximate surface area is 129 Å². The molecule has 116 valence electrons. The summed E-state index contributed by atoms with van der Waals surface area (Å²) in [5.41, 5.74) is 6.88. The highest BCUT2D eigenvalue weighted by atomic mass is 19.4. The van der Waals surface area contributed by atoms with Crippen LogP contribution in [0.1, 0.15) is 5.56 Å². The van der Waals surface area contributed by atoms with Gasteiger partial charge in [-0.15, -0.1) is 0 Å². The highest BCUT2D eigenvalue weighted by molar-refractivity contribution is 5.80. The second-order valence-corrected chi connectivity index (χ2v) is 4.80. The number of hydrogen-bond acceptors (Lipinski definition) is 4. The number of nitrogen functional groups attached to an aromatic ring is 1. The molecule has 23 heavy (non-hydrogen) atoms. The Kier molecular flexibility index (Phi) is 3.69. The minimum absolute atomic E-state index is 0.0486. The molecule has 7 heteroatoms. The Morgan fingerprint density at radius 2 is 1.70 bits per heavy atom. The first-order valence-corrected chi connectivity index (χ1v) is 6.66. The van der Waals surface area contributed by atoms with Crippen LogP contribution in [0.3, 0.4) is 0 Å². The Morgan fingerprint density at radius 3 is 2.39 bits per heavy atom. The van der Waals surface area contributed by atoms with Gasteiger partial charge in [-0.05, 0) is 29.8 Å². The second kappa shape index (κ2) is 5.68. The first-order valence-electron chi connectivity index (χ1n) is 6.66. The van der Waals surface area contributed by atoms with Gasteiger partial charge in [-0.25, -0.2) is 9.97 Å². The molecule has 1 aromatic carbocycles. The van der Waals surface area contributed by atoms with E-state index in [0.717, 1.165) is 12.1 Å². The van der Waals surface area contributed by atoms with E-state index >= 15 is 0 Å². The quantitative estimate of drug-likeness (QED) is 0.781. The van der Waals surface area contributed by atoms with Crippen molar-refractivity contribution in [3.8, 4) is 22.4 Å². The predicted octanol–water partition coefficient (Wildman–Crippen LogP) is 3.81. The first-order chi connectivity index (χ1) is 10.9. The molecule has 0 radical (unpaired) electrons. The number of aromatic nitrogens is 3. The van der Waals surface area contributed by atoms with Gasteiger partial charge in [-0.1, -0.05) is 12.1 Å². The Balaban J connectivity index is 2.18. The number of nitrogens with zero attached hydrogens (tertiary/aromatic N) is 3. The van der Waals surface area contributed by atoms with E-state index in [1.165, 1.54) is 12.3 Å². The molecule has 0 aliphatic rings. The minimum Gasteiger partial charge on any atom is -0.368 e. The zero-order valence-electron chi connectivity index (χ0n) is 11.7. The van der Waals surface area contributed by atoms with Crippen molar-refractivity contribution >= 4 is 5.95 Å². The molecule has 0 spiro atoms. The molecule has 2 heterocycles. The second-order valence-electron chi connectivity index (χ2n) is 4.80. The molecule has 0 saturated carbocycles. The molecule has 0 aliphatic carbocycles. The van der Waals surface area contributed by atoms with Gasteiger partial charge in [0.05, 0.1) is 11.3 Å². The SMILES string of the molecule is Nc1ncc(-c2cccc(C(F)(F)F)c2)c(-c2ccncc2)n1. The van der Waals surface area contributed by atoms with Crippen molar-refractivity contribution in [3.63, 3.8) is 0 Å². The van der Waals surface area contributed by atoms with Gasteiger partial charge in [-0.2, -0.15) is 13.2 Å². The number of pyridine rings is 1. The zero-order valence-corrected chi connectivity index (χ0v) is 11.7. The van der Waals surface area contributed by atoms with Crippen molar-refractivity contribution in [2.45, 2.75) is 6.18 Å². The number of anilines is 1. The molecule has 0 fully saturated rings. The topological polar surface area (TPSA) is 64.7 Å². The molecular formula is C16H11F3N4. The molecule has 0 aliphatic heterocycles. The zero-order chi connectivity index (χ0) is 16.4. The summed E-state index contributed by atoms with van der Waals surface area (Å²) in [6.07, 6.45) is 0.155. The minimum atomic E-state index is -4.42. The monoisotopic (exact) mass is 316 g/mol. The maximum absolute atomic E-state index is 12.9. The van der Waals surface area contributed by atoms with E-state index in [4.69, 9.17) is 5.73 Å². The lowest BCUT2D eigenvalue weighted by Crippen LogP contribution is -2.05. The first kappa shape index (κ1) is 15.0. The van der Waals surface area contributed by atoms with Crippen molar-refractivity contribution < 1.29 is 13.2 Å². The van der Waals surface area contributed by atoms with Gasteiger partial charge in [-0.3, -0.25) is 4.98 Å². The van der Waals surface area contributed by atoms with Gasteiger partial charge in [0.2, 0.25) is 5.95 Å². The van der Waals surface area contributed by atoms with Crippen LogP contribution in [0.25, 0.3) is 22.4 Å². The number of benzene rings is 1. The Bertz CT molecular complexity index is 832. The normalized spacial score (nSPS) is 11.4. The van der Waals surface area contributed by atoms with Crippen molar-refractivity contribution in [2.24, 2.45) is 0 Å². The number of hydrogen-bond donors (Lipinski definition) is 1. The average Bonchev–Trinajstić information content (AvgIpc) is 2.55. The number of halogens is 3. The summed E-state index contributed by atoms with van der Waals surface area (Å²) in [5.74, 6) is 0.0486. The summed E-state index contributed by atoms with van der Waals surface area (Å²) >= 11 is 0. The fourth-order valence-corrected chi connectivity index (χ4v) is 2.20. The lowest BCUT2D eigenvalue weighted by Gasteiger charge is -2.12. The molecule has 2 aromatic heterocycles. The van der Waals surface area contributed by atoms with Gasteiger partial charge in [0.15, 0.2) is 0 Å². The fraction of sp³-hybridized carbons (Fsp3) is 0.0625. The molecular weight excluding hydrogens is 305 g/mol. The third-order valence-corrected chi connectivity index (χ3v) is 3.26. The van der Waals surface area contributed by atoms with E-state index in [0.29, 0.717) is 22.4 Å². The largest absolute Gasteiger partial charge is 0.416 e. The molecule has 0 unspecified atom stereocenters. The Morgan fingerprint density at radius 1 is 0.957 bits per heavy atom. The molecule has 0 bridgehead atoms. The van der Waals surface area contributed by atoms with E-state index in [2.05, 4.69) is 15.0 Å². The molecule has 3 rings (SSSR count). The maximum atomic E-state index is 12.9. The van der Waals surface area contributed by atoms with Crippen molar-refractivity contribution in [3.05, 3.63) is 60.6 Å². The Hall–Kier alpha value is -2.96. The molecule has 0 amide bonds. The van der Waals surface area contributed by atoms with E-state index in [9.17, 15) is 13.2 Å². The molecule has 3 aromatic rings. The van der Waals surface area contributed by atoms with Crippen molar-refractivity contribution in [1.29, 1.82) is 0 Å². The van der Waals surface area contributed by atoms with Gasteiger partial charge in [0, 0.05) is 29.7 Å². The van der Waals surface area contributed by atoms with Crippen LogP contribution in [0.15, 0.2) is 55.0 Å². The van der Waals surface area contributed by atoms with Crippen LogP contribution in [-0.2, 0) is 6.18 Å². The van der Waals surface area contributed by atoms with Gasteiger partial charge >= 0.3 is 6.18 Å². The number of alkyl halides is 3. The molecule has 0 saturated heterocycles. The van der Waals surface area contributed by atoms with Crippen LogP contribution in [0.2, 0.25) is 0 Å². The smallest absolute Gasteiger partial charge is 0.368 e. The van der Waals surface area contributed by atoms with Gasteiger partial charge in [0.25, 0.3) is 0 Å². The average molecular weight is 316 g/mol. The summed E-state index contributed by atoms with van der Waals surface area (Å²) in [6, 6.07) is 8.44. The number of rotatable bonds is 2. The fourth-order valence-electron chi connectivity index (χ4n) is 2.20. The van der Waals surface area contributed by atoms with Crippen molar-refractivity contribution in [2.75, 3.05) is 5.73 Å². The third kappa shape index (κ3) is 3.13. The van der Waals surface area contributed by atoms with E-state index in [-0.39, 0.29) is 5.95 Å². The van der Waals surface area contributed by atoms with E-state index in [1.54, 1.807) is 30.6 Å². The van der Waals surface area contributed by atoms with Crippen LogP contribution in [-0.4, -0.2) is 15.0 Å². The predicted molar refractivity (Wildman–Crippen MR) is 80.1 cm³/mol. The van der Waals surface area contributed by atoms with Gasteiger partial charge in [0.1, 0.15) is 0 Å². The molecule has 0 atom stereocenters. The van der Waals surface area contributed by atoms with Crippen LogP contribution in [0, 0.1) is 0 Å². The summed E-state index contributed by atoms with van der Waals surface area (Å²) in [6.45, 7) is 0. The van der Waals surface area contributed by atoms with E-state index in [1.807, 2.05) is 0 Å². The van der Waals surface area contributed by atoms with Crippen LogP contribution in [0.4, 0.5) is 19.1 Å². The van der Waals surface area contributed by atoms with Crippen molar-refractivity contribution in [1.82, 2.24) is 15.0 Å². The highest BCUT2D eigenvalue weighted by Gasteiger charge is 2.30. The van der Waals surface area contributed by atoms with Crippen LogP contribution >= 0.6 is 0 Å². The third-order valence-electron chi connectivity index (χ3n) is 3.26. The summed E-state index contributed by atoms with van der Waals surface area (Å²) < 4.78 is 38.7. The molecule has 4 nitrogen and oxygen atoms in total. The summed E-state index contributed by atoms with van der Waals surface area (Å²) in [4.78, 5) is 12.0. The standard InChI is InChI=1S/C16H11F3N4/c17-16(18,19)12-3-1-2-11(8-12)13-9-22-15(20)23-14(13)10-4-6-21-7-5-10/h1-9H,(H2,20,22,23). The van der Waals surface area contributed by atoms with E-state index < -0.39 is 11.7 Å².